The van der Waals surface area contributed by atoms with Crippen LogP contribution in [0.25, 0.3) is 0 Å². The molecule has 2 aliphatic carbocycles. The summed E-state index contributed by atoms with van der Waals surface area (Å²) in [6, 6.07) is 0.0808. The minimum Gasteiger partial charge on any atom is -0.381 e. The van der Waals surface area contributed by atoms with Crippen LogP contribution in [-0.4, -0.2) is 31.2 Å². The van der Waals surface area contributed by atoms with E-state index >= 15 is 0 Å². The van der Waals surface area contributed by atoms with Crippen molar-refractivity contribution in [3.8, 4) is 0 Å². The summed E-state index contributed by atoms with van der Waals surface area (Å²) >= 11 is 0. The Balaban J connectivity index is 0.00000133. The van der Waals surface area contributed by atoms with Crippen molar-refractivity contribution in [2.24, 2.45) is 23.5 Å². The van der Waals surface area contributed by atoms with Crippen molar-refractivity contribution in [2.45, 2.75) is 50.6 Å². The van der Waals surface area contributed by atoms with Gasteiger partial charge in [-0.05, 0) is 56.3 Å². The van der Waals surface area contributed by atoms with Crippen LogP contribution in [0.15, 0.2) is 0 Å². The molecule has 1 saturated heterocycles. The van der Waals surface area contributed by atoms with Gasteiger partial charge in [0.05, 0.1) is 6.04 Å². The second kappa shape index (κ2) is 6.42. The van der Waals surface area contributed by atoms with Gasteiger partial charge < -0.3 is 15.8 Å². The van der Waals surface area contributed by atoms with Crippen molar-refractivity contribution in [1.82, 2.24) is 5.32 Å². The van der Waals surface area contributed by atoms with Crippen molar-refractivity contribution < 1.29 is 9.53 Å². The molecule has 3 fully saturated rings. The highest BCUT2D eigenvalue weighted by atomic mass is 35.5. The molecule has 0 aromatic carbocycles. The monoisotopic (exact) mass is 288 g/mol. The Labute approximate surface area is 121 Å². The molecule has 1 aliphatic heterocycles. The second-order valence-corrected chi connectivity index (χ2v) is 6.18. The number of carbonyl (C=O) groups excluding carboxylic acids is 1. The first kappa shape index (κ1) is 15.1. The third-order valence-electron chi connectivity index (χ3n) is 4.65. The Morgan fingerprint density at radius 1 is 1.00 bits per heavy atom. The largest absolute Gasteiger partial charge is 0.381 e. The van der Waals surface area contributed by atoms with Crippen molar-refractivity contribution in [3.63, 3.8) is 0 Å². The molecule has 3 N–H and O–H groups in total. The molecule has 1 atom stereocenters. The summed E-state index contributed by atoms with van der Waals surface area (Å²) in [7, 11) is 0. The van der Waals surface area contributed by atoms with Crippen LogP contribution in [0.4, 0.5) is 0 Å². The number of nitrogens with one attached hydrogen (secondary N) is 1. The smallest absolute Gasteiger partial charge is 0.237 e. The van der Waals surface area contributed by atoms with Gasteiger partial charge in [0.1, 0.15) is 0 Å². The maximum absolute atomic E-state index is 12.2. The van der Waals surface area contributed by atoms with Crippen LogP contribution in [0.2, 0.25) is 0 Å². The molecule has 19 heavy (non-hydrogen) atoms. The summed E-state index contributed by atoms with van der Waals surface area (Å²) in [5.41, 5.74) is 6.11. The predicted molar refractivity (Wildman–Crippen MR) is 76.1 cm³/mol. The summed E-state index contributed by atoms with van der Waals surface area (Å²) in [6.07, 6.45) is 6.99. The van der Waals surface area contributed by atoms with Gasteiger partial charge in [0, 0.05) is 19.3 Å². The lowest BCUT2D eigenvalue weighted by molar-refractivity contribution is -0.125. The van der Waals surface area contributed by atoms with Gasteiger partial charge in [-0.1, -0.05) is 0 Å². The average molecular weight is 289 g/mol. The first-order valence-electron chi connectivity index (χ1n) is 7.39. The normalized spacial score (nSPS) is 25.8. The van der Waals surface area contributed by atoms with Crippen LogP contribution in [-0.2, 0) is 9.53 Å². The third-order valence-corrected chi connectivity index (χ3v) is 4.65. The summed E-state index contributed by atoms with van der Waals surface area (Å²) < 4.78 is 5.32. The van der Waals surface area contributed by atoms with E-state index in [2.05, 4.69) is 5.32 Å². The fourth-order valence-electron chi connectivity index (χ4n) is 3.08. The van der Waals surface area contributed by atoms with Gasteiger partial charge in [-0.25, -0.2) is 0 Å². The van der Waals surface area contributed by atoms with E-state index < -0.39 is 0 Å². The highest BCUT2D eigenvalue weighted by Gasteiger charge is 2.43. The van der Waals surface area contributed by atoms with Crippen LogP contribution in [0.1, 0.15) is 38.5 Å². The molecule has 0 spiro atoms. The lowest BCUT2D eigenvalue weighted by Gasteiger charge is -2.28. The van der Waals surface area contributed by atoms with Crippen LogP contribution < -0.4 is 11.1 Å². The van der Waals surface area contributed by atoms with E-state index in [0.29, 0.717) is 12.0 Å². The molecular weight excluding hydrogens is 264 g/mol. The van der Waals surface area contributed by atoms with E-state index in [-0.39, 0.29) is 24.4 Å². The molecule has 1 unspecified atom stereocenters. The van der Waals surface area contributed by atoms with Gasteiger partial charge in [0.2, 0.25) is 5.91 Å². The molecule has 0 bridgehead atoms. The van der Waals surface area contributed by atoms with E-state index in [1.807, 2.05) is 0 Å². The Bertz CT molecular complexity index is 301. The van der Waals surface area contributed by atoms with Gasteiger partial charge in [-0.15, -0.1) is 12.4 Å². The standard InChI is InChI=1S/C14H24N2O2.ClH/c15-12(9-5-7-18-8-6-9)14(17)16-13(10-1-2-10)11-3-4-11;/h9-13H,1-8,15H2,(H,16,17);1H. The molecule has 1 amide bonds. The molecule has 4 nitrogen and oxygen atoms in total. The lowest BCUT2D eigenvalue weighted by Crippen LogP contribution is -2.51. The number of halogens is 1. The van der Waals surface area contributed by atoms with E-state index in [1.165, 1.54) is 25.7 Å². The summed E-state index contributed by atoms with van der Waals surface area (Å²) in [5, 5.41) is 3.23. The molecule has 0 radical (unpaired) electrons. The Kier molecular flexibility index (Phi) is 5.09. The summed E-state index contributed by atoms with van der Waals surface area (Å²) in [6.45, 7) is 1.50. The van der Waals surface area contributed by atoms with Crippen LogP contribution >= 0.6 is 12.4 Å². The van der Waals surface area contributed by atoms with Gasteiger partial charge in [-0.3, -0.25) is 4.79 Å². The van der Waals surface area contributed by atoms with Gasteiger partial charge >= 0.3 is 0 Å². The molecule has 0 aromatic rings. The lowest BCUT2D eigenvalue weighted by atomic mass is 9.91. The zero-order chi connectivity index (χ0) is 12.5. The van der Waals surface area contributed by atoms with Crippen LogP contribution in [0, 0.1) is 17.8 Å². The molecule has 110 valence electrons. The van der Waals surface area contributed by atoms with Crippen molar-refractivity contribution in [1.29, 1.82) is 0 Å². The Morgan fingerprint density at radius 3 is 2.00 bits per heavy atom. The first-order chi connectivity index (χ1) is 8.75. The van der Waals surface area contributed by atoms with Crippen molar-refractivity contribution >= 4 is 18.3 Å². The number of ether oxygens (including phenoxy) is 1. The molecule has 3 aliphatic rings. The first-order valence-corrected chi connectivity index (χ1v) is 7.39. The van der Waals surface area contributed by atoms with Gasteiger partial charge in [0.25, 0.3) is 0 Å². The van der Waals surface area contributed by atoms with Gasteiger partial charge in [0.15, 0.2) is 0 Å². The Hall–Kier alpha value is -0.320. The number of rotatable bonds is 5. The SMILES string of the molecule is Cl.NC(C(=O)NC(C1CC1)C1CC1)C1CCOCC1. The molecule has 0 aromatic heterocycles. The minimum absolute atomic E-state index is 0. The summed E-state index contributed by atoms with van der Waals surface area (Å²) in [5.74, 6) is 1.86. The molecule has 3 rings (SSSR count). The highest BCUT2D eigenvalue weighted by Crippen LogP contribution is 2.44. The number of nitrogens with two attached hydrogens (primary N) is 1. The van der Waals surface area contributed by atoms with Crippen LogP contribution in [0.5, 0.6) is 0 Å². The molecule has 2 saturated carbocycles. The van der Waals surface area contributed by atoms with Gasteiger partial charge in [-0.2, -0.15) is 0 Å². The van der Waals surface area contributed by atoms with E-state index in [4.69, 9.17) is 10.5 Å². The van der Waals surface area contributed by atoms with Crippen LogP contribution in [0.3, 0.4) is 0 Å². The minimum atomic E-state index is -0.339. The maximum Gasteiger partial charge on any atom is 0.237 e. The fraction of sp³-hybridized carbons (Fsp3) is 0.929. The average Bonchev–Trinajstić information content (AvgIpc) is 3.29. The topological polar surface area (TPSA) is 64.4 Å². The Morgan fingerprint density at radius 2 is 1.53 bits per heavy atom. The number of amides is 1. The van der Waals surface area contributed by atoms with Crippen molar-refractivity contribution in [2.75, 3.05) is 13.2 Å². The predicted octanol–water partition coefficient (Wildman–Crippen LogP) is 1.47. The third kappa shape index (κ3) is 3.83. The summed E-state index contributed by atoms with van der Waals surface area (Å²) in [4.78, 5) is 12.2. The second-order valence-electron chi connectivity index (χ2n) is 6.18. The quantitative estimate of drug-likeness (QED) is 0.805. The zero-order valence-corrected chi connectivity index (χ0v) is 12.2. The number of hydrogen-bond acceptors (Lipinski definition) is 3. The number of hydrogen-bond donors (Lipinski definition) is 2. The van der Waals surface area contributed by atoms with E-state index in [9.17, 15) is 4.79 Å². The maximum atomic E-state index is 12.2. The van der Waals surface area contributed by atoms with E-state index in [0.717, 1.165) is 37.9 Å². The highest BCUT2D eigenvalue weighted by molar-refractivity contribution is 5.85. The van der Waals surface area contributed by atoms with Crippen molar-refractivity contribution in [3.05, 3.63) is 0 Å². The number of carbonyl (C=O) groups is 1. The molecular formula is C14H25ClN2O2. The van der Waals surface area contributed by atoms with E-state index in [1.54, 1.807) is 0 Å². The molecule has 5 heteroatoms. The zero-order valence-electron chi connectivity index (χ0n) is 11.3. The fourth-order valence-corrected chi connectivity index (χ4v) is 3.08. The molecule has 1 heterocycles.